The van der Waals surface area contributed by atoms with E-state index in [1.165, 1.54) is 5.56 Å². The van der Waals surface area contributed by atoms with Gasteiger partial charge in [-0.15, -0.1) is 0 Å². The van der Waals surface area contributed by atoms with Crippen molar-refractivity contribution in [2.45, 2.75) is 26.2 Å². The Balaban J connectivity index is 2.64. The average Bonchev–Trinajstić information content (AvgIpc) is 2.28. The molecule has 0 aliphatic carbocycles. The van der Waals surface area contributed by atoms with Crippen molar-refractivity contribution in [2.24, 2.45) is 0 Å². The smallest absolute Gasteiger partial charge is 0.0718 e. The molecule has 1 aromatic rings. The van der Waals surface area contributed by atoms with E-state index >= 15 is 0 Å². The van der Waals surface area contributed by atoms with Crippen LogP contribution in [0.5, 0.6) is 0 Å². The van der Waals surface area contributed by atoms with Gasteiger partial charge >= 0.3 is 0 Å². The molecule has 0 radical (unpaired) electrons. The van der Waals surface area contributed by atoms with Crippen molar-refractivity contribution < 1.29 is 9.84 Å². The highest BCUT2D eigenvalue weighted by Gasteiger charge is 2.13. The second kappa shape index (κ2) is 5.99. The van der Waals surface area contributed by atoms with E-state index in [1.54, 1.807) is 0 Å². The van der Waals surface area contributed by atoms with Gasteiger partial charge in [0, 0.05) is 0 Å². The van der Waals surface area contributed by atoms with Gasteiger partial charge in [-0.3, -0.25) is 0 Å². The first-order valence-corrected chi connectivity index (χ1v) is 5.92. The summed E-state index contributed by atoms with van der Waals surface area (Å²) in [5.41, 5.74) is 3.52. The van der Waals surface area contributed by atoms with Crippen molar-refractivity contribution in [3.63, 3.8) is 0 Å². The number of aliphatic hydroxyl groups is 1. The summed E-state index contributed by atoms with van der Waals surface area (Å²) in [4.78, 5) is 0. The number of hydrogen-bond donors (Lipinski definition) is 1. The van der Waals surface area contributed by atoms with Crippen LogP contribution in [0.3, 0.4) is 0 Å². The molecule has 0 bridgehead atoms. The number of aliphatic hydroxyl groups excluding tert-OH is 1. The fourth-order valence-corrected chi connectivity index (χ4v) is 1.55. The van der Waals surface area contributed by atoms with E-state index in [9.17, 15) is 0 Å². The lowest BCUT2D eigenvalue weighted by Gasteiger charge is -2.19. The largest absolute Gasteiger partial charge is 0.394 e. The SMILES string of the molecule is C=C(COCCO)c1ccc(C(C)(C)C)cc1. The zero-order chi connectivity index (χ0) is 12.9. The Bertz CT molecular complexity index is 358. The van der Waals surface area contributed by atoms with Gasteiger partial charge in [0.2, 0.25) is 0 Å². The summed E-state index contributed by atoms with van der Waals surface area (Å²) in [6.45, 7) is 11.4. The minimum atomic E-state index is 0.0518. The lowest BCUT2D eigenvalue weighted by molar-refractivity contribution is 0.115. The number of hydrogen-bond acceptors (Lipinski definition) is 2. The quantitative estimate of drug-likeness (QED) is 0.794. The molecule has 1 rings (SSSR count). The monoisotopic (exact) mass is 234 g/mol. The Morgan fingerprint density at radius 2 is 1.82 bits per heavy atom. The highest BCUT2D eigenvalue weighted by molar-refractivity contribution is 5.64. The minimum absolute atomic E-state index is 0.0518. The summed E-state index contributed by atoms with van der Waals surface area (Å²) in [6.07, 6.45) is 0. The van der Waals surface area contributed by atoms with Crippen LogP contribution in [0.15, 0.2) is 30.8 Å². The van der Waals surface area contributed by atoms with Crippen molar-refractivity contribution in [3.05, 3.63) is 42.0 Å². The zero-order valence-electron chi connectivity index (χ0n) is 11.0. The van der Waals surface area contributed by atoms with Crippen molar-refractivity contribution >= 4 is 5.57 Å². The number of benzene rings is 1. The maximum atomic E-state index is 8.62. The summed E-state index contributed by atoms with van der Waals surface area (Å²) in [5.74, 6) is 0. The second-order valence-corrected chi connectivity index (χ2v) is 5.21. The molecule has 2 nitrogen and oxygen atoms in total. The van der Waals surface area contributed by atoms with E-state index in [1.807, 2.05) is 0 Å². The van der Waals surface area contributed by atoms with E-state index in [0.29, 0.717) is 13.2 Å². The molecule has 0 saturated heterocycles. The van der Waals surface area contributed by atoms with Crippen LogP contribution >= 0.6 is 0 Å². The number of rotatable bonds is 5. The van der Waals surface area contributed by atoms with E-state index in [2.05, 4.69) is 51.6 Å². The molecule has 94 valence electrons. The summed E-state index contributed by atoms with van der Waals surface area (Å²) in [7, 11) is 0. The first kappa shape index (κ1) is 13.9. The average molecular weight is 234 g/mol. The molecule has 0 heterocycles. The van der Waals surface area contributed by atoms with Crippen LogP contribution in [0, 0.1) is 0 Å². The molecule has 17 heavy (non-hydrogen) atoms. The van der Waals surface area contributed by atoms with Crippen molar-refractivity contribution in [1.82, 2.24) is 0 Å². The third kappa shape index (κ3) is 4.33. The summed E-state index contributed by atoms with van der Waals surface area (Å²) >= 11 is 0. The van der Waals surface area contributed by atoms with E-state index < -0.39 is 0 Å². The third-order valence-electron chi connectivity index (χ3n) is 2.67. The van der Waals surface area contributed by atoms with Crippen LogP contribution in [-0.4, -0.2) is 24.9 Å². The van der Waals surface area contributed by atoms with Gasteiger partial charge in [-0.25, -0.2) is 0 Å². The standard InChI is InChI=1S/C15H22O2/c1-12(11-17-10-9-16)13-5-7-14(8-6-13)15(2,3)4/h5-8,16H,1,9-11H2,2-4H3. The summed E-state index contributed by atoms with van der Waals surface area (Å²) in [5, 5.41) is 8.62. The van der Waals surface area contributed by atoms with Gasteiger partial charge < -0.3 is 9.84 Å². The molecule has 0 spiro atoms. The third-order valence-corrected chi connectivity index (χ3v) is 2.67. The van der Waals surface area contributed by atoms with Crippen molar-refractivity contribution in [2.75, 3.05) is 19.8 Å². The Morgan fingerprint density at radius 1 is 1.24 bits per heavy atom. The lowest BCUT2D eigenvalue weighted by atomic mass is 9.86. The second-order valence-electron chi connectivity index (χ2n) is 5.21. The molecule has 0 atom stereocenters. The fraction of sp³-hybridized carbons (Fsp3) is 0.467. The van der Waals surface area contributed by atoms with Crippen LogP contribution in [0.1, 0.15) is 31.9 Å². The molecule has 0 amide bonds. The molecule has 0 aliphatic heterocycles. The Labute approximate surface area is 104 Å². The normalized spacial score (nSPS) is 11.5. The van der Waals surface area contributed by atoms with Gasteiger partial charge in [-0.05, 0) is 22.1 Å². The predicted molar refractivity (Wildman–Crippen MR) is 72.1 cm³/mol. The topological polar surface area (TPSA) is 29.5 Å². The number of ether oxygens (including phenoxy) is 1. The van der Waals surface area contributed by atoms with Crippen molar-refractivity contribution in [1.29, 1.82) is 0 Å². The van der Waals surface area contributed by atoms with Gasteiger partial charge in [0.25, 0.3) is 0 Å². The van der Waals surface area contributed by atoms with Gasteiger partial charge in [0.15, 0.2) is 0 Å². The molecule has 0 saturated carbocycles. The molecule has 0 unspecified atom stereocenters. The van der Waals surface area contributed by atoms with Gasteiger partial charge in [-0.2, -0.15) is 0 Å². The maximum Gasteiger partial charge on any atom is 0.0718 e. The van der Waals surface area contributed by atoms with E-state index in [4.69, 9.17) is 9.84 Å². The molecular formula is C15H22O2. The van der Waals surface area contributed by atoms with Crippen LogP contribution < -0.4 is 0 Å². The lowest BCUT2D eigenvalue weighted by Crippen LogP contribution is -2.10. The molecule has 2 heteroatoms. The highest BCUT2D eigenvalue weighted by Crippen LogP contribution is 2.23. The van der Waals surface area contributed by atoms with Crippen LogP contribution in [0.2, 0.25) is 0 Å². The first-order valence-electron chi connectivity index (χ1n) is 5.92. The molecular weight excluding hydrogens is 212 g/mol. The molecule has 0 aromatic heterocycles. The fourth-order valence-electron chi connectivity index (χ4n) is 1.55. The van der Waals surface area contributed by atoms with E-state index in [0.717, 1.165) is 11.1 Å². The maximum absolute atomic E-state index is 8.62. The molecule has 1 N–H and O–H groups in total. The first-order chi connectivity index (χ1) is 7.95. The highest BCUT2D eigenvalue weighted by atomic mass is 16.5. The zero-order valence-corrected chi connectivity index (χ0v) is 11.0. The van der Waals surface area contributed by atoms with Crippen LogP contribution in [0.25, 0.3) is 5.57 Å². The van der Waals surface area contributed by atoms with Gasteiger partial charge in [-0.1, -0.05) is 51.6 Å². The predicted octanol–water partition coefficient (Wildman–Crippen LogP) is 3.01. The van der Waals surface area contributed by atoms with Gasteiger partial charge in [0.1, 0.15) is 0 Å². The van der Waals surface area contributed by atoms with Crippen LogP contribution in [0.4, 0.5) is 0 Å². The van der Waals surface area contributed by atoms with Crippen molar-refractivity contribution in [3.8, 4) is 0 Å². The Hall–Kier alpha value is -1.12. The van der Waals surface area contributed by atoms with Crippen LogP contribution in [-0.2, 0) is 10.2 Å². The summed E-state index contributed by atoms with van der Waals surface area (Å²) < 4.78 is 5.25. The van der Waals surface area contributed by atoms with Gasteiger partial charge in [0.05, 0.1) is 19.8 Å². The van der Waals surface area contributed by atoms with E-state index in [-0.39, 0.29) is 12.0 Å². The molecule has 1 aromatic carbocycles. The minimum Gasteiger partial charge on any atom is -0.394 e. The molecule has 0 aliphatic rings. The molecule has 0 fully saturated rings. The Kier molecular flexibility index (Phi) is 4.91. The summed E-state index contributed by atoms with van der Waals surface area (Å²) in [6, 6.07) is 8.41. The Morgan fingerprint density at radius 3 is 2.29 bits per heavy atom.